The molecule has 3 heteroatoms. The van der Waals surface area contributed by atoms with Gasteiger partial charge in [0, 0.05) is 28.7 Å². The third-order valence-electron chi connectivity index (χ3n) is 2.58. The number of nitrogens with one attached hydrogen (secondary N) is 1. The van der Waals surface area contributed by atoms with Gasteiger partial charge in [-0.3, -0.25) is 0 Å². The van der Waals surface area contributed by atoms with Crippen LogP contribution in [0.2, 0.25) is 0 Å². The number of anilines is 1. The standard InChI is InChI=1S/C13H14N2S/c1-3-5-10(4-2)15-13-11-7-9-16-12(11)6-8-14-13/h1,6-10H,4-5H2,2H3,(H,14,15). The SMILES string of the molecule is C#CCC(CC)Nc1nccc2sccc12. The first kappa shape index (κ1) is 11.0. The van der Waals surface area contributed by atoms with Crippen molar-refractivity contribution in [3.05, 3.63) is 23.7 Å². The van der Waals surface area contributed by atoms with Crippen LogP contribution < -0.4 is 5.32 Å². The molecule has 0 radical (unpaired) electrons. The van der Waals surface area contributed by atoms with E-state index in [1.807, 2.05) is 12.3 Å². The van der Waals surface area contributed by atoms with Crippen LogP contribution in [0.25, 0.3) is 10.1 Å². The monoisotopic (exact) mass is 230 g/mol. The van der Waals surface area contributed by atoms with E-state index in [0.717, 1.165) is 18.7 Å². The zero-order valence-corrected chi connectivity index (χ0v) is 10.1. The number of hydrogen-bond donors (Lipinski definition) is 1. The maximum Gasteiger partial charge on any atom is 0.134 e. The second-order valence-corrected chi connectivity index (χ2v) is 4.60. The third kappa shape index (κ3) is 2.17. The predicted octanol–water partition coefficient (Wildman–Crippen LogP) is 3.51. The van der Waals surface area contributed by atoms with Gasteiger partial charge in [-0.1, -0.05) is 6.92 Å². The number of terminal acetylenes is 1. The average Bonchev–Trinajstić information content (AvgIpc) is 2.77. The lowest BCUT2D eigenvalue weighted by Crippen LogP contribution is -2.18. The minimum atomic E-state index is 0.308. The molecule has 1 atom stereocenters. The number of hydrogen-bond acceptors (Lipinski definition) is 3. The normalized spacial score (nSPS) is 12.2. The van der Waals surface area contributed by atoms with Gasteiger partial charge in [0.25, 0.3) is 0 Å². The second-order valence-electron chi connectivity index (χ2n) is 3.65. The Balaban J connectivity index is 2.26. The Hall–Kier alpha value is -1.53. The summed E-state index contributed by atoms with van der Waals surface area (Å²) in [5, 5.41) is 6.68. The molecule has 0 fully saturated rings. The van der Waals surface area contributed by atoms with Crippen LogP contribution in [0.4, 0.5) is 5.82 Å². The summed E-state index contributed by atoms with van der Waals surface area (Å²) in [6, 6.07) is 4.44. The molecule has 0 aliphatic heterocycles. The van der Waals surface area contributed by atoms with E-state index in [1.165, 1.54) is 10.1 Å². The maximum absolute atomic E-state index is 5.34. The first-order chi connectivity index (χ1) is 7.85. The average molecular weight is 230 g/mol. The van der Waals surface area contributed by atoms with Gasteiger partial charge < -0.3 is 5.32 Å². The van der Waals surface area contributed by atoms with Gasteiger partial charge in [-0.15, -0.1) is 23.7 Å². The van der Waals surface area contributed by atoms with Crippen molar-refractivity contribution < 1.29 is 0 Å². The molecule has 2 aromatic heterocycles. The predicted molar refractivity (Wildman–Crippen MR) is 70.8 cm³/mol. The molecule has 2 heterocycles. The quantitative estimate of drug-likeness (QED) is 0.813. The number of pyridine rings is 1. The smallest absolute Gasteiger partial charge is 0.134 e. The molecule has 16 heavy (non-hydrogen) atoms. The first-order valence-corrected chi connectivity index (χ1v) is 6.25. The van der Waals surface area contributed by atoms with Crippen molar-refractivity contribution >= 4 is 27.2 Å². The molecular formula is C13H14N2S. The van der Waals surface area contributed by atoms with E-state index in [4.69, 9.17) is 6.42 Å². The molecule has 0 saturated heterocycles. The summed E-state index contributed by atoms with van der Waals surface area (Å²) < 4.78 is 1.26. The molecule has 0 aliphatic rings. The van der Waals surface area contributed by atoms with E-state index < -0.39 is 0 Å². The Morgan fingerprint density at radius 2 is 2.44 bits per heavy atom. The van der Waals surface area contributed by atoms with Gasteiger partial charge in [0.05, 0.1) is 0 Å². The highest BCUT2D eigenvalue weighted by Crippen LogP contribution is 2.26. The van der Waals surface area contributed by atoms with Gasteiger partial charge in [0.15, 0.2) is 0 Å². The molecule has 2 rings (SSSR count). The fourth-order valence-corrected chi connectivity index (χ4v) is 2.42. The highest BCUT2D eigenvalue weighted by Gasteiger charge is 2.08. The number of aromatic nitrogens is 1. The highest BCUT2D eigenvalue weighted by molar-refractivity contribution is 7.17. The molecule has 2 nitrogen and oxygen atoms in total. The fraction of sp³-hybridized carbons (Fsp3) is 0.308. The van der Waals surface area contributed by atoms with Crippen LogP contribution in [0, 0.1) is 12.3 Å². The van der Waals surface area contributed by atoms with Gasteiger partial charge in [-0.2, -0.15) is 0 Å². The van der Waals surface area contributed by atoms with Crippen LogP contribution in [0.1, 0.15) is 19.8 Å². The Labute approximate surface area is 99.7 Å². The number of fused-ring (bicyclic) bond motifs is 1. The van der Waals surface area contributed by atoms with Crippen LogP contribution in [-0.2, 0) is 0 Å². The topological polar surface area (TPSA) is 24.9 Å². The van der Waals surface area contributed by atoms with Crippen LogP contribution in [0.5, 0.6) is 0 Å². The molecule has 0 amide bonds. The molecule has 1 N–H and O–H groups in total. The van der Waals surface area contributed by atoms with Gasteiger partial charge in [-0.05, 0) is 23.9 Å². The molecule has 0 saturated carbocycles. The Kier molecular flexibility index (Phi) is 3.43. The van der Waals surface area contributed by atoms with Crippen molar-refractivity contribution in [2.45, 2.75) is 25.8 Å². The van der Waals surface area contributed by atoms with Gasteiger partial charge in [0.2, 0.25) is 0 Å². The van der Waals surface area contributed by atoms with Crippen LogP contribution in [-0.4, -0.2) is 11.0 Å². The summed E-state index contributed by atoms with van der Waals surface area (Å²) in [6.07, 6.45) is 8.92. The summed E-state index contributed by atoms with van der Waals surface area (Å²) in [6.45, 7) is 2.13. The minimum Gasteiger partial charge on any atom is -0.366 e. The fourth-order valence-electron chi connectivity index (χ4n) is 1.64. The van der Waals surface area contributed by atoms with E-state index >= 15 is 0 Å². The summed E-state index contributed by atoms with van der Waals surface area (Å²) in [7, 11) is 0. The van der Waals surface area contributed by atoms with Gasteiger partial charge >= 0.3 is 0 Å². The molecule has 0 aromatic carbocycles. The zero-order valence-electron chi connectivity index (χ0n) is 9.23. The number of rotatable bonds is 4. The summed E-state index contributed by atoms with van der Waals surface area (Å²) in [5.74, 6) is 3.64. The lowest BCUT2D eigenvalue weighted by molar-refractivity contribution is 0.713. The number of thiophene rings is 1. The highest BCUT2D eigenvalue weighted by atomic mass is 32.1. The second kappa shape index (κ2) is 5.00. The van der Waals surface area contributed by atoms with E-state index in [9.17, 15) is 0 Å². The van der Waals surface area contributed by atoms with E-state index in [-0.39, 0.29) is 0 Å². The Morgan fingerprint density at radius 3 is 3.19 bits per heavy atom. The summed E-state index contributed by atoms with van der Waals surface area (Å²) >= 11 is 1.73. The van der Waals surface area contributed by atoms with E-state index in [2.05, 4.69) is 34.6 Å². The Morgan fingerprint density at radius 1 is 1.56 bits per heavy atom. The van der Waals surface area contributed by atoms with Crippen molar-refractivity contribution in [2.24, 2.45) is 0 Å². The third-order valence-corrected chi connectivity index (χ3v) is 3.46. The molecule has 1 unspecified atom stereocenters. The van der Waals surface area contributed by atoms with Crippen molar-refractivity contribution in [1.29, 1.82) is 0 Å². The molecule has 2 aromatic rings. The molecule has 0 bridgehead atoms. The van der Waals surface area contributed by atoms with Crippen molar-refractivity contribution in [3.8, 4) is 12.3 Å². The maximum atomic E-state index is 5.34. The molecule has 82 valence electrons. The molecule has 0 spiro atoms. The summed E-state index contributed by atoms with van der Waals surface area (Å²) in [5.41, 5.74) is 0. The first-order valence-electron chi connectivity index (χ1n) is 5.37. The number of nitrogens with zero attached hydrogens (tertiary/aromatic N) is 1. The summed E-state index contributed by atoms with van der Waals surface area (Å²) in [4.78, 5) is 4.38. The zero-order chi connectivity index (χ0) is 11.4. The van der Waals surface area contributed by atoms with Gasteiger partial charge in [0.1, 0.15) is 5.82 Å². The lowest BCUT2D eigenvalue weighted by atomic mass is 10.1. The largest absolute Gasteiger partial charge is 0.366 e. The lowest BCUT2D eigenvalue weighted by Gasteiger charge is -2.15. The Bertz CT molecular complexity index is 510. The van der Waals surface area contributed by atoms with Crippen molar-refractivity contribution in [3.63, 3.8) is 0 Å². The van der Waals surface area contributed by atoms with Gasteiger partial charge in [-0.25, -0.2) is 4.98 Å². The van der Waals surface area contributed by atoms with Crippen molar-refractivity contribution in [2.75, 3.05) is 5.32 Å². The van der Waals surface area contributed by atoms with E-state index in [0.29, 0.717) is 6.04 Å². The minimum absolute atomic E-state index is 0.308. The van der Waals surface area contributed by atoms with Crippen LogP contribution >= 0.6 is 11.3 Å². The van der Waals surface area contributed by atoms with Crippen LogP contribution in [0.3, 0.4) is 0 Å². The van der Waals surface area contributed by atoms with Crippen molar-refractivity contribution in [1.82, 2.24) is 4.98 Å². The molecule has 0 aliphatic carbocycles. The molecular weight excluding hydrogens is 216 g/mol. The van der Waals surface area contributed by atoms with Crippen LogP contribution in [0.15, 0.2) is 23.7 Å². The van der Waals surface area contributed by atoms with E-state index in [1.54, 1.807) is 11.3 Å².